The van der Waals surface area contributed by atoms with E-state index in [0.29, 0.717) is 52.4 Å². The molecule has 4 aromatic rings. The number of rotatable bonds is 20. The minimum Gasteiger partial charge on any atom is -0.382 e. The molecule has 4 atom stereocenters. The number of methoxy groups -OCH3 is 2. The molecule has 9 nitrogen and oxygen atoms in total. The van der Waals surface area contributed by atoms with Crippen LogP contribution in [0.25, 0.3) is 10.8 Å². The Hall–Kier alpha value is -4.09. The zero-order valence-electron chi connectivity index (χ0n) is 29.2. The van der Waals surface area contributed by atoms with Gasteiger partial charge in [-0.15, -0.1) is 6.58 Å². The van der Waals surface area contributed by atoms with Crippen molar-refractivity contribution in [2.75, 3.05) is 60.8 Å². The van der Waals surface area contributed by atoms with Crippen LogP contribution in [0.15, 0.2) is 116 Å². The number of carbonyl (C=O) groups is 1. The number of amides is 2. The van der Waals surface area contributed by atoms with Gasteiger partial charge in [-0.05, 0) is 46.4 Å². The van der Waals surface area contributed by atoms with Gasteiger partial charge in [-0.2, -0.15) is 0 Å². The van der Waals surface area contributed by atoms with Gasteiger partial charge in [0.05, 0.1) is 38.5 Å². The Morgan fingerprint density at radius 3 is 1.68 bits per heavy atom. The SMILES string of the molecule is C=CCN1C(=O)N(Cc2ccc3ccccc3c2)[C@H](Cc2ccccc2)[C@H](OCOCCOC)[C@@H](OCOCCOC)[C@H]1Cc1ccccc1. The predicted octanol–water partition coefficient (Wildman–Crippen LogP) is 6.50. The molecule has 0 aliphatic carbocycles. The summed E-state index contributed by atoms with van der Waals surface area (Å²) in [5, 5.41) is 2.26. The van der Waals surface area contributed by atoms with Crippen molar-refractivity contribution >= 4 is 16.8 Å². The molecule has 0 saturated carbocycles. The summed E-state index contributed by atoms with van der Waals surface area (Å²) in [6.07, 6.45) is 1.65. The summed E-state index contributed by atoms with van der Waals surface area (Å²) in [4.78, 5) is 19.0. The summed E-state index contributed by atoms with van der Waals surface area (Å²) in [7, 11) is 3.27. The second-order valence-electron chi connectivity index (χ2n) is 12.3. The maximum Gasteiger partial charge on any atom is 0.321 e. The van der Waals surface area contributed by atoms with Gasteiger partial charge in [0.2, 0.25) is 0 Å². The van der Waals surface area contributed by atoms with E-state index in [0.717, 1.165) is 27.5 Å². The minimum absolute atomic E-state index is 0.00122. The molecule has 9 heteroatoms. The van der Waals surface area contributed by atoms with E-state index in [9.17, 15) is 0 Å². The highest BCUT2D eigenvalue weighted by Crippen LogP contribution is 2.32. The molecule has 0 unspecified atom stereocenters. The lowest BCUT2D eigenvalue weighted by atomic mass is 9.90. The van der Waals surface area contributed by atoms with E-state index >= 15 is 4.79 Å². The fraction of sp³-hybridized carbons (Fsp3) is 0.390. The summed E-state index contributed by atoms with van der Waals surface area (Å²) in [5.41, 5.74) is 3.17. The first-order valence-electron chi connectivity index (χ1n) is 17.2. The normalized spacial score (nSPS) is 19.5. The van der Waals surface area contributed by atoms with Crippen LogP contribution in [-0.4, -0.2) is 101 Å². The molecule has 0 aromatic heterocycles. The molecule has 0 spiro atoms. The molecular weight excluding hydrogens is 632 g/mol. The van der Waals surface area contributed by atoms with E-state index in [-0.39, 0.29) is 19.6 Å². The van der Waals surface area contributed by atoms with Gasteiger partial charge >= 0.3 is 6.03 Å². The third-order valence-corrected chi connectivity index (χ3v) is 8.99. The van der Waals surface area contributed by atoms with E-state index in [2.05, 4.69) is 61.2 Å². The molecule has 266 valence electrons. The van der Waals surface area contributed by atoms with Crippen LogP contribution in [0.1, 0.15) is 16.7 Å². The smallest absolute Gasteiger partial charge is 0.321 e. The van der Waals surface area contributed by atoms with E-state index < -0.39 is 24.3 Å². The van der Waals surface area contributed by atoms with Crippen molar-refractivity contribution in [3.05, 3.63) is 132 Å². The average Bonchev–Trinajstić information content (AvgIpc) is 3.22. The van der Waals surface area contributed by atoms with E-state index in [1.807, 2.05) is 58.3 Å². The summed E-state index contributed by atoms with van der Waals surface area (Å²) in [5.74, 6) is 0. The molecule has 5 rings (SSSR count). The Morgan fingerprint density at radius 2 is 1.14 bits per heavy atom. The van der Waals surface area contributed by atoms with Crippen LogP contribution in [0.2, 0.25) is 0 Å². The molecule has 1 saturated heterocycles. The van der Waals surface area contributed by atoms with Gasteiger partial charge in [0.15, 0.2) is 0 Å². The number of nitrogens with zero attached hydrogens (tertiary/aromatic N) is 2. The summed E-state index contributed by atoms with van der Waals surface area (Å²) < 4.78 is 35.6. The number of hydrogen-bond acceptors (Lipinski definition) is 7. The largest absolute Gasteiger partial charge is 0.382 e. The Bertz CT molecular complexity index is 1590. The first-order valence-corrected chi connectivity index (χ1v) is 17.2. The molecule has 4 aromatic carbocycles. The van der Waals surface area contributed by atoms with Gasteiger partial charge in [-0.3, -0.25) is 0 Å². The lowest BCUT2D eigenvalue weighted by Gasteiger charge is -2.38. The average molecular weight is 683 g/mol. The van der Waals surface area contributed by atoms with Crippen LogP contribution in [0.3, 0.4) is 0 Å². The summed E-state index contributed by atoms with van der Waals surface area (Å²) in [6, 6.07) is 34.0. The monoisotopic (exact) mass is 682 g/mol. The lowest BCUT2D eigenvalue weighted by molar-refractivity contribution is -0.191. The standard InChI is InChI=1S/C41H50N2O7/c1-4-21-42-37(27-32-13-7-5-8-14-32)39(49-30-47-24-22-45-2)40(50-31-48-25-23-46-3)38(28-33-15-9-6-10-16-33)43(41(42)44)29-34-19-20-35-17-11-12-18-36(35)26-34/h4-20,26,37-40H,1,21-25,27-31H2,2-3H3/t37-,38-,39+,40+/m1/s1. The maximum atomic E-state index is 15.1. The molecular formula is C41H50N2O7. The van der Waals surface area contributed by atoms with Gasteiger partial charge in [0.1, 0.15) is 25.8 Å². The molecule has 1 heterocycles. The van der Waals surface area contributed by atoms with Crippen LogP contribution in [-0.2, 0) is 47.8 Å². The Morgan fingerprint density at radius 1 is 0.620 bits per heavy atom. The van der Waals surface area contributed by atoms with Gasteiger partial charge in [-0.1, -0.05) is 103 Å². The molecule has 0 N–H and O–H groups in total. The molecule has 50 heavy (non-hydrogen) atoms. The molecule has 0 bridgehead atoms. The maximum absolute atomic E-state index is 15.1. The summed E-state index contributed by atoms with van der Waals surface area (Å²) >= 11 is 0. The lowest BCUT2D eigenvalue weighted by Crippen LogP contribution is -2.53. The number of benzene rings is 4. The van der Waals surface area contributed by atoms with E-state index in [1.54, 1.807) is 20.3 Å². The molecule has 1 fully saturated rings. The fourth-order valence-corrected chi connectivity index (χ4v) is 6.54. The quantitative estimate of drug-likeness (QED) is 0.0599. The van der Waals surface area contributed by atoms with Crippen molar-refractivity contribution in [3.63, 3.8) is 0 Å². The molecule has 1 aliphatic heterocycles. The summed E-state index contributed by atoms with van der Waals surface area (Å²) in [6.45, 7) is 6.36. The number of hydrogen-bond donors (Lipinski definition) is 0. The Labute approximate surface area is 296 Å². The van der Waals surface area contributed by atoms with Crippen molar-refractivity contribution < 1.29 is 33.2 Å². The number of ether oxygens (including phenoxy) is 6. The highest BCUT2D eigenvalue weighted by Gasteiger charge is 2.48. The van der Waals surface area contributed by atoms with Crippen molar-refractivity contribution in [3.8, 4) is 0 Å². The Kier molecular flexibility index (Phi) is 14.8. The molecule has 0 radical (unpaired) electrons. The first-order chi connectivity index (χ1) is 24.6. The van der Waals surface area contributed by atoms with Gasteiger partial charge in [0, 0.05) is 27.3 Å². The molecule has 1 aliphatic rings. The Balaban J connectivity index is 1.61. The topological polar surface area (TPSA) is 78.9 Å². The zero-order valence-corrected chi connectivity index (χ0v) is 29.2. The number of carbonyl (C=O) groups excluding carboxylic acids is 1. The van der Waals surface area contributed by atoms with Crippen molar-refractivity contribution in [2.24, 2.45) is 0 Å². The zero-order chi connectivity index (χ0) is 35.0. The van der Waals surface area contributed by atoms with Crippen LogP contribution < -0.4 is 0 Å². The van der Waals surface area contributed by atoms with E-state index in [4.69, 9.17) is 28.4 Å². The highest BCUT2D eigenvalue weighted by molar-refractivity contribution is 5.83. The highest BCUT2D eigenvalue weighted by atomic mass is 16.7. The van der Waals surface area contributed by atoms with Crippen molar-refractivity contribution in [1.29, 1.82) is 0 Å². The third-order valence-electron chi connectivity index (χ3n) is 8.99. The van der Waals surface area contributed by atoms with Crippen LogP contribution in [0, 0.1) is 0 Å². The van der Waals surface area contributed by atoms with Crippen molar-refractivity contribution in [1.82, 2.24) is 9.80 Å². The second-order valence-corrected chi connectivity index (χ2v) is 12.3. The minimum atomic E-state index is -0.600. The number of urea groups is 1. The van der Waals surface area contributed by atoms with Gasteiger partial charge in [0.25, 0.3) is 0 Å². The predicted molar refractivity (Wildman–Crippen MR) is 195 cm³/mol. The van der Waals surface area contributed by atoms with Crippen LogP contribution in [0.5, 0.6) is 0 Å². The number of fused-ring (bicyclic) bond motifs is 1. The molecule has 2 amide bonds. The first kappa shape index (κ1) is 37.2. The van der Waals surface area contributed by atoms with Crippen LogP contribution in [0.4, 0.5) is 4.79 Å². The van der Waals surface area contributed by atoms with Gasteiger partial charge < -0.3 is 38.2 Å². The third kappa shape index (κ3) is 10.2. The van der Waals surface area contributed by atoms with Crippen molar-refractivity contribution in [2.45, 2.75) is 43.7 Å². The second kappa shape index (κ2) is 19.9. The van der Waals surface area contributed by atoms with Crippen LogP contribution >= 0.6 is 0 Å². The fourth-order valence-electron chi connectivity index (χ4n) is 6.54. The van der Waals surface area contributed by atoms with Gasteiger partial charge in [-0.25, -0.2) is 4.79 Å². The van der Waals surface area contributed by atoms with E-state index in [1.165, 1.54) is 0 Å².